The van der Waals surface area contributed by atoms with E-state index in [0.29, 0.717) is 19.8 Å². The smallest absolute Gasteiger partial charge is 0.328 e. The van der Waals surface area contributed by atoms with Crippen LogP contribution in [0, 0.1) is 13.8 Å². The average Bonchev–Trinajstić information content (AvgIpc) is 2.46. The number of methoxy groups -OCH3 is 1. The van der Waals surface area contributed by atoms with Gasteiger partial charge in [0.15, 0.2) is 0 Å². The molecule has 0 aliphatic heterocycles. The molecule has 0 aliphatic carbocycles. The fraction of sp³-hybridized carbons (Fsp3) is 0.562. The lowest BCUT2D eigenvalue weighted by molar-refractivity contribution is -0.145. The quantitative estimate of drug-likeness (QED) is 0.559. The van der Waals surface area contributed by atoms with Crippen molar-refractivity contribution in [2.75, 3.05) is 38.9 Å². The highest BCUT2D eigenvalue weighted by atomic mass is 16.6. The SMILES string of the molecule is COCCOCCOC(=O)C(C)Nc1c(C)cccc1C. The van der Waals surface area contributed by atoms with Crippen molar-refractivity contribution in [3.63, 3.8) is 0 Å². The van der Waals surface area contributed by atoms with E-state index in [1.807, 2.05) is 32.0 Å². The van der Waals surface area contributed by atoms with Crippen LogP contribution in [-0.4, -0.2) is 45.5 Å². The Balaban J connectivity index is 2.34. The molecule has 21 heavy (non-hydrogen) atoms. The standard InChI is InChI=1S/C16H25NO4/c1-12-6-5-7-13(2)15(12)17-14(3)16(18)21-11-10-20-9-8-19-4/h5-7,14,17H,8-11H2,1-4H3. The van der Waals surface area contributed by atoms with E-state index in [2.05, 4.69) is 5.32 Å². The van der Waals surface area contributed by atoms with Crippen molar-refractivity contribution in [1.82, 2.24) is 0 Å². The van der Waals surface area contributed by atoms with E-state index in [1.54, 1.807) is 14.0 Å². The van der Waals surface area contributed by atoms with Gasteiger partial charge in [-0.25, -0.2) is 4.79 Å². The van der Waals surface area contributed by atoms with E-state index in [0.717, 1.165) is 16.8 Å². The first-order valence-corrected chi connectivity index (χ1v) is 7.12. The highest BCUT2D eigenvalue weighted by Gasteiger charge is 2.15. The van der Waals surface area contributed by atoms with Crippen LogP contribution in [0.15, 0.2) is 18.2 Å². The molecule has 118 valence electrons. The summed E-state index contributed by atoms with van der Waals surface area (Å²) in [5.41, 5.74) is 3.20. The monoisotopic (exact) mass is 295 g/mol. The fourth-order valence-corrected chi connectivity index (χ4v) is 1.89. The number of rotatable bonds is 9. The Bertz CT molecular complexity index is 428. The van der Waals surface area contributed by atoms with Gasteiger partial charge in [0, 0.05) is 12.8 Å². The van der Waals surface area contributed by atoms with E-state index >= 15 is 0 Å². The number of benzene rings is 1. The normalized spacial score (nSPS) is 12.0. The zero-order chi connectivity index (χ0) is 15.7. The Labute approximate surface area is 126 Å². The molecule has 0 bridgehead atoms. The second-order valence-electron chi connectivity index (χ2n) is 4.91. The minimum absolute atomic E-state index is 0.251. The van der Waals surface area contributed by atoms with Crippen LogP contribution in [-0.2, 0) is 19.0 Å². The Kier molecular flexibility index (Phi) is 7.79. The maximum Gasteiger partial charge on any atom is 0.328 e. The zero-order valence-electron chi connectivity index (χ0n) is 13.3. The molecule has 0 aliphatic rings. The minimum atomic E-state index is -0.399. The van der Waals surface area contributed by atoms with Crippen molar-refractivity contribution in [3.8, 4) is 0 Å². The van der Waals surface area contributed by atoms with Gasteiger partial charge in [0.2, 0.25) is 0 Å². The molecular weight excluding hydrogens is 270 g/mol. The maximum absolute atomic E-state index is 11.9. The maximum atomic E-state index is 11.9. The molecule has 5 heteroatoms. The van der Waals surface area contributed by atoms with Gasteiger partial charge in [-0.3, -0.25) is 0 Å². The summed E-state index contributed by atoms with van der Waals surface area (Å²) in [7, 11) is 1.62. The van der Waals surface area contributed by atoms with Crippen LogP contribution in [0.5, 0.6) is 0 Å². The molecule has 0 heterocycles. The first-order valence-electron chi connectivity index (χ1n) is 7.12. The number of nitrogens with one attached hydrogen (secondary N) is 1. The molecule has 0 saturated carbocycles. The molecule has 1 atom stereocenters. The van der Waals surface area contributed by atoms with Gasteiger partial charge in [0.25, 0.3) is 0 Å². The molecule has 0 saturated heterocycles. The lowest BCUT2D eigenvalue weighted by atomic mass is 10.1. The number of hydrogen-bond acceptors (Lipinski definition) is 5. The van der Waals surface area contributed by atoms with Crippen molar-refractivity contribution in [1.29, 1.82) is 0 Å². The average molecular weight is 295 g/mol. The predicted molar refractivity (Wildman–Crippen MR) is 82.7 cm³/mol. The topological polar surface area (TPSA) is 56.8 Å². The van der Waals surface area contributed by atoms with Crippen LogP contribution < -0.4 is 5.32 Å². The Morgan fingerprint density at radius 3 is 2.38 bits per heavy atom. The molecule has 0 amide bonds. The van der Waals surface area contributed by atoms with Crippen LogP contribution >= 0.6 is 0 Å². The second kappa shape index (κ2) is 9.37. The van der Waals surface area contributed by atoms with Crippen LogP contribution in [0.4, 0.5) is 5.69 Å². The van der Waals surface area contributed by atoms with E-state index in [4.69, 9.17) is 14.2 Å². The Morgan fingerprint density at radius 1 is 1.14 bits per heavy atom. The number of anilines is 1. The lowest BCUT2D eigenvalue weighted by Crippen LogP contribution is -2.29. The van der Waals surface area contributed by atoms with E-state index in [9.17, 15) is 4.79 Å². The summed E-state index contributed by atoms with van der Waals surface area (Å²) in [5, 5.41) is 3.20. The molecule has 1 rings (SSSR count). The summed E-state index contributed by atoms with van der Waals surface area (Å²) in [6, 6.07) is 5.62. The number of carbonyl (C=O) groups is 1. The van der Waals surface area contributed by atoms with Gasteiger partial charge in [0.05, 0.1) is 19.8 Å². The number of esters is 1. The fourth-order valence-electron chi connectivity index (χ4n) is 1.89. The van der Waals surface area contributed by atoms with E-state index in [-0.39, 0.29) is 12.6 Å². The van der Waals surface area contributed by atoms with Gasteiger partial charge in [-0.1, -0.05) is 18.2 Å². The van der Waals surface area contributed by atoms with Gasteiger partial charge < -0.3 is 19.5 Å². The van der Waals surface area contributed by atoms with Gasteiger partial charge >= 0.3 is 5.97 Å². The van der Waals surface area contributed by atoms with Crippen LogP contribution in [0.25, 0.3) is 0 Å². The highest BCUT2D eigenvalue weighted by Crippen LogP contribution is 2.20. The Morgan fingerprint density at radius 2 is 1.76 bits per heavy atom. The van der Waals surface area contributed by atoms with Gasteiger partial charge in [-0.2, -0.15) is 0 Å². The second-order valence-corrected chi connectivity index (χ2v) is 4.91. The van der Waals surface area contributed by atoms with Crippen LogP contribution in [0.3, 0.4) is 0 Å². The van der Waals surface area contributed by atoms with E-state index < -0.39 is 6.04 Å². The number of aryl methyl sites for hydroxylation is 2. The molecule has 1 aromatic carbocycles. The first kappa shape index (κ1) is 17.5. The molecule has 1 aromatic rings. The van der Waals surface area contributed by atoms with Crippen molar-refractivity contribution in [3.05, 3.63) is 29.3 Å². The van der Waals surface area contributed by atoms with Crippen molar-refractivity contribution < 1.29 is 19.0 Å². The van der Waals surface area contributed by atoms with Gasteiger partial charge in [-0.15, -0.1) is 0 Å². The molecule has 0 spiro atoms. The number of para-hydroxylation sites is 1. The zero-order valence-corrected chi connectivity index (χ0v) is 13.3. The highest BCUT2D eigenvalue weighted by molar-refractivity contribution is 5.79. The summed E-state index contributed by atoms with van der Waals surface area (Å²) in [6.45, 7) is 7.49. The number of ether oxygens (including phenoxy) is 3. The molecule has 0 fully saturated rings. The molecule has 1 unspecified atom stereocenters. The van der Waals surface area contributed by atoms with Gasteiger partial charge in [-0.05, 0) is 31.9 Å². The van der Waals surface area contributed by atoms with Crippen LogP contribution in [0.2, 0.25) is 0 Å². The van der Waals surface area contributed by atoms with Crippen molar-refractivity contribution in [2.45, 2.75) is 26.8 Å². The van der Waals surface area contributed by atoms with E-state index in [1.165, 1.54) is 0 Å². The minimum Gasteiger partial charge on any atom is -0.462 e. The summed E-state index contributed by atoms with van der Waals surface area (Å²) >= 11 is 0. The van der Waals surface area contributed by atoms with Gasteiger partial charge in [0.1, 0.15) is 12.6 Å². The largest absolute Gasteiger partial charge is 0.462 e. The first-order chi connectivity index (χ1) is 10.1. The molecule has 1 N–H and O–H groups in total. The molecular formula is C16H25NO4. The predicted octanol–water partition coefficient (Wildman–Crippen LogP) is 2.31. The number of carbonyl (C=O) groups excluding carboxylic acids is 1. The summed E-state index contributed by atoms with van der Waals surface area (Å²) in [4.78, 5) is 11.9. The summed E-state index contributed by atoms with van der Waals surface area (Å²) < 4.78 is 15.3. The summed E-state index contributed by atoms with van der Waals surface area (Å²) in [6.07, 6.45) is 0. The molecule has 0 radical (unpaired) electrons. The lowest BCUT2D eigenvalue weighted by Gasteiger charge is -2.18. The molecule has 0 aromatic heterocycles. The van der Waals surface area contributed by atoms with Crippen molar-refractivity contribution >= 4 is 11.7 Å². The number of hydrogen-bond donors (Lipinski definition) is 1. The Hall–Kier alpha value is -1.59. The van der Waals surface area contributed by atoms with Crippen molar-refractivity contribution in [2.24, 2.45) is 0 Å². The molecule has 5 nitrogen and oxygen atoms in total. The summed E-state index contributed by atoms with van der Waals surface area (Å²) in [5.74, 6) is -0.284. The third-order valence-corrected chi connectivity index (χ3v) is 3.10. The third kappa shape index (κ3) is 6.14. The third-order valence-electron chi connectivity index (χ3n) is 3.10. The van der Waals surface area contributed by atoms with Crippen LogP contribution in [0.1, 0.15) is 18.1 Å².